The van der Waals surface area contributed by atoms with Gasteiger partial charge in [0.05, 0.1) is 16.1 Å². The van der Waals surface area contributed by atoms with Crippen molar-refractivity contribution in [2.24, 2.45) is 0 Å². The van der Waals surface area contributed by atoms with Crippen molar-refractivity contribution in [1.29, 1.82) is 0 Å². The Labute approximate surface area is 189 Å². The van der Waals surface area contributed by atoms with Crippen LogP contribution in [0.25, 0.3) is 0 Å². The summed E-state index contributed by atoms with van der Waals surface area (Å²) >= 11 is 11.9. The summed E-state index contributed by atoms with van der Waals surface area (Å²) in [4.78, 5) is 1.33. The molecule has 11 heteroatoms. The van der Waals surface area contributed by atoms with Gasteiger partial charge in [-0.15, -0.1) is 0 Å². The second-order valence-corrected chi connectivity index (χ2v) is 9.82. The first-order valence-corrected chi connectivity index (χ1v) is 11.8. The van der Waals surface area contributed by atoms with Crippen LogP contribution in [-0.4, -0.2) is 56.8 Å². The number of benzene rings is 2. The third-order valence-electron chi connectivity index (χ3n) is 4.89. The van der Waals surface area contributed by atoms with Gasteiger partial charge in [-0.3, -0.25) is 0 Å². The van der Waals surface area contributed by atoms with E-state index in [1.165, 1.54) is 0 Å². The van der Waals surface area contributed by atoms with Crippen molar-refractivity contribution in [3.8, 4) is 5.75 Å². The van der Waals surface area contributed by atoms with Gasteiger partial charge in [-0.05, 0) is 37.1 Å². The normalized spacial score (nSPS) is 16.9. The average Bonchev–Trinajstić information content (AvgIpc) is 2.70. The molecule has 3 rings (SSSR count). The second kappa shape index (κ2) is 10.4. The van der Waals surface area contributed by atoms with Gasteiger partial charge in [0.25, 0.3) is 0 Å². The lowest BCUT2D eigenvalue weighted by atomic mass is 10.1. The number of halogens is 4. The van der Waals surface area contributed by atoms with Gasteiger partial charge in [-0.25, -0.2) is 21.9 Å². The molecule has 170 valence electrons. The summed E-state index contributed by atoms with van der Waals surface area (Å²) in [6.07, 6.45) is 0.440. The molecule has 2 aromatic rings. The Morgan fingerprint density at radius 1 is 1.13 bits per heavy atom. The molecule has 0 saturated carbocycles. The second-order valence-electron chi connectivity index (χ2n) is 7.27. The number of nitrogens with zero attached hydrogens (tertiary/aromatic N) is 1. The van der Waals surface area contributed by atoms with Crippen LogP contribution >= 0.6 is 23.2 Å². The number of piperidine rings is 1. The van der Waals surface area contributed by atoms with E-state index >= 15 is 0 Å². The van der Waals surface area contributed by atoms with E-state index in [-0.39, 0.29) is 19.2 Å². The standard InChI is InChI=1S/C20H22Cl2F2N2O4S/c21-17-3-2-16(10-18(17)22)30-15-5-7-26(8-6-15)12-14(27)11-25-31(28,29)20-4-1-13(23)9-19(20)24/h1-4,9-10,14-15,25,27H,5-8,11-12H2/t14-/m1/s1. The van der Waals surface area contributed by atoms with Gasteiger partial charge in [0.15, 0.2) is 0 Å². The highest BCUT2D eigenvalue weighted by molar-refractivity contribution is 7.89. The number of aliphatic hydroxyl groups is 1. The lowest BCUT2D eigenvalue weighted by Crippen LogP contribution is -2.45. The van der Waals surface area contributed by atoms with Crippen LogP contribution < -0.4 is 9.46 Å². The van der Waals surface area contributed by atoms with E-state index in [0.717, 1.165) is 25.0 Å². The highest BCUT2D eigenvalue weighted by atomic mass is 35.5. The molecule has 0 aliphatic carbocycles. The fraction of sp³-hybridized carbons (Fsp3) is 0.400. The summed E-state index contributed by atoms with van der Waals surface area (Å²) in [5.74, 6) is -1.43. The Balaban J connectivity index is 1.44. The molecule has 0 bridgehead atoms. The third-order valence-corrected chi connectivity index (χ3v) is 7.09. The molecule has 1 fully saturated rings. The predicted molar refractivity (Wildman–Crippen MR) is 114 cm³/mol. The maximum absolute atomic E-state index is 13.7. The van der Waals surface area contributed by atoms with Crippen molar-refractivity contribution in [2.75, 3.05) is 26.2 Å². The molecule has 0 radical (unpaired) electrons. The van der Waals surface area contributed by atoms with E-state index in [9.17, 15) is 22.3 Å². The van der Waals surface area contributed by atoms with Crippen LogP contribution in [0.2, 0.25) is 10.0 Å². The van der Waals surface area contributed by atoms with Gasteiger partial charge in [0, 0.05) is 38.3 Å². The highest BCUT2D eigenvalue weighted by Crippen LogP contribution is 2.28. The molecule has 6 nitrogen and oxygen atoms in total. The number of nitrogens with one attached hydrogen (secondary N) is 1. The van der Waals surface area contributed by atoms with Gasteiger partial charge < -0.3 is 14.7 Å². The van der Waals surface area contributed by atoms with Gasteiger partial charge >= 0.3 is 0 Å². The molecular formula is C20H22Cl2F2N2O4S. The van der Waals surface area contributed by atoms with Crippen LogP contribution in [0.15, 0.2) is 41.3 Å². The zero-order valence-corrected chi connectivity index (χ0v) is 18.7. The van der Waals surface area contributed by atoms with Gasteiger partial charge in [0.2, 0.25) is 10.0 Å². The molecule has 1 saturated heterocycles. The van der Waals surface area contributed by atoms with Crippen molar-refractivity contribution in [3.05, 3.63) is 58.1 Å². The Kier molecular flexibility index (Phi) is 8.12. The summed E-state index contributed by atoms with van der Waals surface area (Å²) < 4.78 is 59.2. The monoisotopic (exact) mass is 494 g/mol. The Bertz CT molecular complexity index is 1020. The summed E-state index contributed by atoms with van der Waals surface area (Å²) in [6, 6.07) is 7.28. The molecule has 2 N–H and O–H groups in total. The Morgan fingerprint density at radius 3 is 2.48 bits per heavy atom. The first-order chi connectivity index (χ1) is 14.6. The van der Waals surface area contributed by atoms with Crippen LogP contribution in [0.3, 0.4) is 0 Å². The number of ether oxygens (including phenoxy) is 1. The number of hydrogen-bond donors (Lipinski definition) is 2. The summed E-state index contributed by atoms with van der Waals surface area (Å²) in [5, 5.41) is 11.1. The summed E-state index contributed by atoms with van der Waals surface area (Å²) in [7, 11) is -4.20. The van der Waals surface area contributed by atoms with Gasteiger partial charge in [-0.1, -0.05) is 23.2 Å². The highest BCUT2D eigenvalue weighted by Gasteiger charge is 2.24. The lowest BCUT2D eigenvalue weighted by molar-refractivity contribution is 0.0630. The number of likely N-dealkylation sites (tertiary alicyclic amines) is 1. The molecule has 0 amide bonds. The lowest BCUT2D eigenvalue weighted by Gasteiger charge is -2.33. The van der Waals surface area contributed by atoms with Crippen LogP contribution in [0.5, 0.6) is 5.75 Å². The van der Waals surface area contributed by atoms with E-state index in [0.29, 0.717) is 35.0 Å². The summed E-state index contributed by atoms with van der Waals surface area (Å²) in [5.41, 5.74) is 0. The minimum Gasteiger partial charge on any atom is -0.490 e. The molecule has 1 aliphatic rings. The van der Waals surface area contributed by atoms with Crippen molar-refractivity contribution in [3.63, 3.8) is 0 Å². The first-order valence-electron chi connectivity index (χ1n) is 9.61. The van der Waals surface area contributed by atoms with E-state index in [1.54, 1.807) is 18.2 Å². The van der Waals surface area contributed by atoms with E-state index in [2.05, 4.69) is 4.72 Å². The fourth-order valence-corrected chi connectivity index (χ4v) is 4.71. The predicted octanol–water partition coefficient (Wildman–Crippen LogP) is 3.45. The minimum atomic E-state index is -4.20. The van der Waals surface area contributed by atoms with Crippen molar-refractivity contribution in [2.45, 2.75) is 29.9 Å². The van der Waals surface area contributed by atoms with Crippen molar-refractivity contribution in [1.82, 2.24) is 9.62 Å². The van der Waals surface area contributed by atoms with E-state index in [4.69, 9.17) is 27.9 Å². The molecule has 0 aromatic heterocycles. The number of β-amino-alcohol motifs (C(OH)–C–C–N with tert-alkyl or cyclic N) is 1. The molecule has 1 aliphatic heterocycles. The van der Waals surface area contributed by atoms with Gasteiger partial charge in [-0.2, -0.15) is 0 Å². The molecule has 0 spiro atoms. The number of rotatable bonds is 8. The van der Waals surface area contributed by atoms with Crippen LogP contribution in [0, 0.1) is 11.6 Å². The molecule has 1 heterocycles. The minimum absolute atomic E-state index is 0.00871. The Hall–Kier alpha value is -1.49. The zero-order chi connectivity index (χ0) is 22.6. The van der Waals surface area contributed by atoms with E-state index < -0.39 is 32.7 Å². The topological polar surface area (TPSA) is 78.9 Å². The molecular weight excluding hydrogens is 473 g/mol. The zero-order valence-electron chi connectivity index (χ0n) is 16.4. The molecule has 31 heavy (non-hydrogen) atoms. The average molecular weight is 495 g/mol. The number of sulfonamides is 1. The Morgan fingerprint density at radius 2 is 1.84 bits per heavy atom. The summed E-state index contributed by atoms with van der Waals surface area (Å²) in [6.45, 7) is 1.26. The van der Waals surface area contributed by atoms with Crippen molar-refractivity contribution >= 4 is 33.2 Å². The maximum Gasteiger partial charge on any atom is 0.243 e. The number of aliphatic hydroxyl groups excluding tert-OH is 1. The largest absolute Gasteiger partial charge is 0.490 e. The third kappa shape index (κ3) is 6.74. The van der Waals surface area contributed by atoms with Crippen LogP contribution in [0.4, 0.5) is 8.78 Å². The smallest absolute Gasteiger partial charge is 0.243 e. The quantitative estimate of drug-likeness (QED) is 0.587. The van der Waals surface area contributed by atoms with Crippen LogP contribution in [-0.2, 0) is 10.0 Å². The van der Waals surface area contributed by atoms with Gasteiger partial charge in [0.1, 0.15) is 28.4 Å². The number of hydrogen-bond acceptors (Lipinski definition) is 5. The molecule has 2 aromatic carbocycles. The van der Waals surface area contributed by atoms with Crippen LogP contribution in [0.1, 0.15) is 12.8 Å². The van der Waals surface area contributed by atoms with Crippen molar-refractivity contribution < 1.29 is 27.0 Å². The molecule has 0 unspecified atom stereocenters. The SMILES string of the molecule is O=S(=O)(NC[C@@H](O)CN1CCC(Oc2ccc(Cl)c(Cl)c2)CC1)c1ccc(F)cc1F. The fourth-order valence-electron chi connectivity index (χ4n) is 3.29. The maximum atomic E-state index is 13.7. The molecule has 1 atom stereocenters. The first kappa shape index (κ1) is 24.2. The van der Waals surface area contributed by atoms with E-state index in [1.807, 2.05) is 4.90 Å².